The number of carbonyl (C=O) groups is 2. The van der Waals surface area contributed by atoms with E-state index in [9.17, 15) is 9.59 Å². The van der Waals surface area contributed by atoms with Crippen LogP contribution in [0, 0.1) is 0 Å². The van der Waals surface area contributed by atoms with Crippen LogP contribution in [0.1, 0.15) is 27.6 Å². The Morgan fingerprint density at radius 1 is 1.03 bits per heavy atom. The lowest BCUT2D eigenvalue weighted by Gasteiger charge is -2.21. The molecule has 0 fully saturated rings. The molecular formula is C24H22BrN3O3S. The lowest BCUT2D eigenvalue weighted by molar-refractivity contribution is 0.0971. The molecule has 0 bridgehead atoms. The second-order valence-corrected chi connectivity index (χ2v) is 8.04. The maximum atomic E-state index is 12.9. The van der Waals surface area contributed by atoms with E-state index < -0.39 is 5.91 Å². The number of carbonyl (C=O) groups excluding carboxylic acids is 2. The van der Waals surface area contributed by atoms with Gasteiger partial charge in [0.05, 0.1) is 12.7 Å². The summed E-state index contributed by atoms with van der Waals surface area (Å²) in [4.78, 5) is 27.2. The minimum absolute atomic E-state index is 0.0946. The quantitative estimate of drug-likeness (QED) is 0.442. The summed E-state index contributed by atoms with van der Waals surface area (Å²) in [6.07, 6.45) is 0. The van der Waals surface area contributed by atoms with E-state index in [-0.39, 0.29) is 11.0 Å². The molecule has 2 amide bonds. The summed E-state index contributed by atoms with van der Waals surface area (Å²) in [6, 6.07) is 21.6. The van der Waals surface area contributed by atoms with Crippen LogP contribution >= 0.6 is 28.1 Å². The lowest BCUT2D eigenvalue weighted by Crippen LogP contribution is -2.34. The maximum absolute atomic E-state index is 12.9. The Labute approximate surface area is 200 Å². The minimum atomic E-state index is -0.395. The molecule has 0 heterocycles. The van der Waals surface area contributed by atoms with Gasteiger partial charge in [0.1, 0.15) is 5.75 Å². The fraction of sp³-hybridized carbons (Fsp3) is 0.125. The van der Waals surface area contributed by atoms with Crippen LogP contribution in [0.2, 0.25) is 0 Å². The molecule has 3 rings (SSSR count). The Bertz CT molecular complexity index is 1120. The molecule has 0 aliphatic heterocycles. The van der Waals surface area contributed by atoms with Gasteiger partial charge in [-0.05, 0) is 73.7 Å². The normalized spacial score (nSPS) is 10.2. The number of thiocarbonyl (C=S) groups is 1. The molecule has 0 unspecified atom stereocenters. The minimum Gasteiger partial charge on any atom is -0.496 e. The van der Waals surface area contributed by atoms with Gasteiger partial charge in [-0.2, -0.15) is 0 Å². The molecule has 6 nitrogen and oxygen atoms in total. The first-order valence-corrected chi connectivity index (χ1v) is 11.1. The molecule has 3 aromatic carbocycles. The van der Waals surface area contributed by atoms with Gasteiger partial charge in [-0.25, -0.2) is 0 Å². The molecule has 164 valence electrons. The Kier molecular flexibility index (Phi) is 7.97. The molecule has 8 heteroatoms. The average Bonchev–Trinajstić information content (AvgIpc) is 2.80. The van der Waals surface area contributed by atoms with Crippen LogP contribution in [0.25, 0.3) is 0 Å². The summed E-state index contributed by atoms with van der Waals surface area (Å²) in [6.45, 7) is 2.49. The van der Waals surface area contributed by atoms with E-state index in [1.165, 1.54) is 7.11 Å². The summed E-state index contributed by atoms with van der Waals surface area (Å²) in [5.74, 6) is -0.0490. The van der Waals surface area contributed by atoms with Crippen molar-refractivity contribution in [2.75, 3.05) is 23.9 Å². The Morgan fingerprint density at radius 3 is 2.34 bits per heavy atom. The molecule has 2 N–H and O–H groups in total. The highest BCUT2D eigenvalue weighted by Gasteiger charge is 2.17. The van der Waals surface area contributed by atoms with E-state index in [1.807, 2.05) is 37.3 Å². The van der Waals surface area contributed by atoms with Crippen LogP contribution in [0.3, 0.4) is 0 Å². The first-order valence-electron chi connectivity index (χ1n) is 9.85. The highest BCUT2D eigenvalue weighted by Crippen LogP contribution is 2.23. The zero-order chi connectivity index (χ0) is 23.1. The number of nitrogens with one attached hydrogen (secondary N) is 2. The highest BCUT2D eigenvalue weighted by molar-refractivity contribution is 9.10. The monoisotopic (exact) mass is 511 g/mol. The number of hydrogen-bond donors (Lipinski definition) is 2. The van der Waals surface area contributed by atoms with Gasteiger partial charge in [0, 0.05) is 28.0 Å². The van der Waals surface area contributed by atoms with Gasteiger partial charge < -0.3 is 15.0 Å². The predicted molar refractivity (Wildman–Crippen MR) is 135 cm³/mol. The number of para-hydroxylation sites is 1. The van der Waals surface area contributed by atoms with E-state index in [4.69, 9.17) is 17.0 Å². The van der Waals surface area contributed by atoms with E-state index in [1.54, 1.807) is 47.4 Å². The fourth-order valence-corrected chi connectivity index (χ4v) is 3.67. The molecule has 0 aliphatic carbocycles. The SMILES string of the molecule is CCN(C(=O)c1ccc(NC(=S)NC(=O)c2cc(Br)ccc2OC)cc1)c1ccccc1. The zero-order valence-electron chi connectivity index (χ0n) is 17.6. The summed E-state index contributed by atoms with van der Waals surface area (Å²) in [5, 5.41) is 5.73. The molecule has 0 spiro atoms. The fourth-order valence-electron chi connectivity index (χ4n) is 3.09. The Morgan fingerprint density at radius 2 is 1.72 bits per heavy atom. The molecule has 0 saturated heterocycles. The third-order valence-electron chi connectivity index (χ3n) is 4.65. The number of nitrogens with zero attached hydrogens (tertiary/aromatic N) is 1. The third kappa shape index (κ3) is 5.72. The number of amides is 2. The zero-order valence-corrected chi connectivity index (χ0v) is 20.0. The van der Waals surface area contributed by atoms with Gasteiger partial charge in [0.25, 0.3) is 11.8 Å². The number of anilines is 2. The van der Waals surface area contributed by atoms with Gasteiger partial charge in [0.2, 0.25) is 0 Å². The van der Waals surface area contributed by atoms with E-state index >= 15 is 0 Å². The van der Waals surface area contributed by atoms with Crippen molar-refractivity contribution in [3.05, 3.63) is 88.4 Å². The third-order valence-corrected chi connectivity index (χ3v) is 5.35. The first-order chi connectivity index (χ1) is 15.4. The Balaban J connectivity index is 1.65. The van der Waals surface area contributed by atoms with E-state index in [0.717, 1.165) is 10.2 Å². The maximum Gasteiger partial charge on any atom is 0.261 e. The van der Waals surface area contributed by atoms with Crippen molar-refractivity contribution in [1.29, 1.82) is 0 Å². The highest BCUT2D eigenvalue weighted by atomic mass is 79.9. The lowest BCUT2D eigenvalue weighted by atomic mass is 10.1. The Hall–Kier alpha value is -3.23. The van der Waals surface area contributed by atoms with Crippen LogP contribution in [0.4, 0.5) is 11.4 Å². The molecule has 0 atom stereocenters. The number of methoxy groups -OCH3 is 1. The number of hydrogen-bond acceptors (Lipinski definition) is 4. The summed E-state index contributed by atoms with van der Waals surface area (Å²) in [7, 11) is 1.50. The molecule has 3 aromatic rings. The standard InChI is InChI=1S/C24H22BrN3O3S/c1-3-28(19-7-5-4-6-8-19)23(30)16-9-12-18(13-10-16)26-24(32)27-22(29)20-15-17(25)11-14-21(20)31-2/h4-15H,3H2,1-2H3,(H2,26,27,29,32). The first kappa shape index (κ1) is 23.4. The smallest absolute Gasteiger partial charge is 0.261 e. The van der Waals surface area contributed by atoms with Crippen LogP contribution in [0.15, 0.2) is 77.3 Å². The van der Waals surface area contributed by atoms with Crippen molar-refractivity contribution in [2.45, 2.75) is 6.92 Å². The second kappa shape index (κ2) is 10.9. The second-order valence-electron chi connectivity index (χ2n) is 6.72. The van der Waals surface area contributed by atoms with Crippen LogP contribution < -0.4 is 20.3 Å². The van der Waals surface area contributed by atoms with Crippen LogP contribution in [0.5, 0.6) is 5.75 Å². The van der Waals surface area contributed by atoms with E-state index in [0.29, 0.717) is 29.1 Å². The van der Waals surface area contributed by atoms with Gasteiger partial charge >= 0.3 is 0 Å². The van der Waals surface area contributed by atoms with Crippen molar-refractivity contribution < 1.29 is 14.3 Å². The van der Waals surface area contributed by atoms with E-state index in [2.05, 4.69) is 26.6 Å². The molecule has 0 aromatic heterocycles. The number of benzene rings is 3. The van der Waals surface area contributed by atoms with Crippen molar-refractivity contribution in [3.8, 4) is 5.75 Å². The van der Waals surface area contributed by atoms with Crippen molar-refractivity contribution in [3.63, 3.8) is 0 Å². The van der Waals surface area contributed by atoms with Gasteiger partial charge in [-0.3, -0.25) is 14.9 Å². The molecule has 32 heavy (non-hydrogen) atoms. The molecular weight excluding hydrogens is 490 g/mol. The number of ether oxygens (including phenoxy) is 1. The molecule has 0 saturated carbocycles. The van der Waals surface area contributed by atoms with Crippen molar-refractivity contribution in [2.24, 2.45) is 0 Å². The number of halogens is 1. The van der Waals surface area contributed by atoms with Gasteiger partial charge in [-0.15, -0.1) is 0 Å². The summed E-state index contributed by atoms with van der Waals surface area (Å²) < 4.78 is 5.99. The molecule has 0 aliphatic rings. The average molecular weight is 512 g/mol. The van der Waals surface area contributed by atoms with Gasteiger partial charge in [0.15, 0.2) is 5.11 Å². The topological polar surface area (TPSA) is 70.7 Å². The summed E-state index contributed by atoms with van der Waals surface area (Å²) >= 11 is 8.61. The van der Waals surface area contributed by atoms with Crippen molar-refractivity contribution >= 4 is 56.4 Å². The predicted octanol–water partition coefficient (Wildman–Crippen LogP) is 5.25. The van der Waals surface area contributed by atoms with Gasteiger partial charge in [-0.1, -0.05) is 34.1 Å². The van der Waals surface area contributed by atoms with Crippen LogP contribution in [-0.2, 0) is 0 Å². The number of rotatable bonds is 6. The summed E-state index contributed by atoms with van der Waals surface area (Å²) in [5.41, 5.74) is 2.40. The molecule has 0 radical (unpaired) electrons. The van der Waals surface area contributed by atoms with Crippen LogP contribution in [-0.4, -0.2) is 30.6 Å². The van der Waals surface area contributed by atoms with Crippen molar-refractivity contribution in [1.82, 2.24) is 5.32 Å². The largest absolute Gasteiger partial charge is 0.496 e.